The van der Waals surface area contributed by atoms with Crippen LogP contribution in [0, 0.1) is 18.8 Å². The monoisotopic (exact) mass is 147 g/mol. The van der Waals surface area contributed by atoms with Gasteiger partial charge in [0.1, 0.15) is 6.61 Å². The van der Waals surface area contributed by atoms with Crippen LogP contribution in [0.15, 0.2) is 18.5 Å². The molecule has 0 saturated heterocycles. The van der Waals surface area contributed by atoms with Crippen molar-refractivity contribution in [3.8, 4) is 11.8 Å². The molecule has 0 aliphatic carbocycles. The van der Waals surface area contributed by atoms with Crippen molar-refractivity contribution in [1.29, 1.82) is 0 Å². The minimum Gasteiger partial charge on any atom is -0.384 e. The molecule has 0 unspecified atom stereocenters. The number of pyridine rings is 1. The summed E-state index contributed by atoms with van der Waals surface area (Å²) in [4.78, 5) is 3.91. The zero-order valence-corrected chi connectivity index (χ0v) is 6.33. The molecule has 1 rings (SSSR count). The highest BCUT2D eigenvalue weighted by Gasteiger charge is 1.89. The Labute approximate surface area is 65.9 Å². The number of rotatable bonds is 0. The summed E-state index contributed by atoms with van der Waals surface area (Å²) in [5, 5.41) is 8.42. The Morgan fingerprint density at radius 3 is 3.09 bits per heavy atom. The van der Waals surface area contributed by atoms with E-state index < -0.39 is 0 Å². The standard InChI is InChI=1S/C9H9NO/c1-8-4-5-10-7-9(8)3-2-6-11/h4-5,7,11H,6H2,1H3. The van der Waals surface area contributed by atoms with E-state index in [0.29, 0.717) is 0 Å². The summed E-state index contributed by atoms with van der Waals surface area (Å²) in [5.74, 6) is 5.37. The van der Waals surface area contributed by atoms with Crippen LogP contribution in [-0.4, -0.2) is 16.7 Å². The van der Waals surface area contributed by atoms with E-state index in [1.165, 1.54) is 0 Å². The van der Waals surface area contributed by atoms with E-state index in [9.17, 15) is 0 Å². The molecule has 11 heavy (non-hydrogen) atoms. The van der Waals surface area contributed by atoms with Crippen LogP contribution in [0.4, 0.5) is 0 Å². The first-order valence-corrected chi connectivity index (χ1v) is 3.35. The highest BCUT2D eigenvalue weighted by molar-refractivity contribution is 5.37. The molecule has 0 atom stereocenters. The van der Waals surface area contributed by atoms with Crippen molar-refractivity contribution < 1.29 is 5.11 Å². The van der Waals surface area contributed by atoms with Crippen molar-refractivity contribution in [1.82, 2.24) is 4.98 Å². The van der Waals surface area contributed by atoms with E-state index >= 15 is 0 Å². The minimum absolute atomic E-state index is 0.103. The summed E-state index contributed by atoms with van der Waals surface area (Å²) >= 11 is 0. The number of aromatic nitrogens is 1. The molecule has 0 amide bonds. The second kappa shape index (κ2) is 3.75. The van der Waals surface area contributed by atoms with Gasteiger partial charge < -0.3 is 5.11 Å². The van der Waals surface area contributed by atoms with E-state index in [-0.39, 0.29) is 6.61 Å². The third kappa shape index (κ3) is 2.06. The Morgan fingerprint density at radius 1 is 1.64 bits per heavy atom. The Kier molecular flexibility index (Phi) is 2.65. The average Bonchev–Trinajstić information content (AvgIpc) is 2.03. The zero-order valence-electron chi connectivity index (χ0n) is 6.33. The molecule has 56 valence electrons. The number of aliphatic hydroxyl groups excluding tert-OH is 1. The summed E-state index contributed by atoms with van der Waals surface area (Å²) in [7, 11) is 0. The predicted molar refractivity (Wildman–Crippen MR) is 42.9 cm³/mol. The maximum Gasteiger partial charge on any atom is 0.104 e. The van der Waals surface area contributed by atoms with Crippen LogP contribution in [0.5, 0.6) is 0 Å². The molecule has 0 fully saturated rings. The van der Waals surface area contributed by atoms with Crippen molar-refractivity contribution in [3.05, 3.63) is 29.6 Å². The van der Waals surface area contributed by atoms with Gasteiger partial charge in [-0.3, -0.25) is 4.98 Å². The number of aryl methyl sites for hydroxylation is 1. The maximum atomic E-state index is 8.42. The average molecular weight is 147 g/mol. The summed E-state index contributed by atoms with van der Waals surface area (Å²) in [6, 6.07) is 1.89. The number of hydrogen-bond acceptors (Lipinski definition) is 2. The molecule has 0 aliphatic rings. The van der Waals surface area contributed by atoms with Gasteiger partial charge in [0.15, 0.2) is 0 Å². The van der Waals surface area contributed by atoms with Crippen molar-refractivity contribution in [3.63, 3.8) is 0 Å². The Hall–Kier alpha value is -1.33. The van der Waals surface area contributed by atoms with Gasteiger partial charge in [0.25, 0.3) is 0 Å². The van der Waals surface area contributed by atoms with Gasteiger partial charge in [-0.2, -0.15) is 0 Å². The fraction of sp³-hybridized carbons (Fsp3) is 0.222. The van der Waals surface area contributed by atoms with Gasteiger partial charge in [0, 0.05) is 18.0 Å². The third-order valence-corrected chi connectivity index (χ3v) is 1.34. The molecule has 1 N–H and O–H groups in total. The van der Waals surface area contributed by atoms with Crippen LogP contribution in [0.1, 0.15) is 11.1 Å². The second-order valence-corrected chi connectivity index (χ2v) is 2.15. The minimum atomic E-state index is -0.103. The molecule has 0 aliphatic heterocycles. The van der Waals surface area contributed by atoms with Crippen molar-refractivity contribution in [2.45, 2.75) is 6.92 Å². The van der Waals surface area contributed by atoms with E-state index in [1.807, 2.05) is 13.0 Å². The fourth-order valence-electron chi connectivity index (χ4n) is 0.730. The van der Waals surface area contributed by atoms with Crippen LogP contribution in [0.25, 0.3) is 0 Å². The quantitative estimate of drug-likeness (QED) is 0.549. The fourth-order valence-corrected chi connectivity index (χ4v) is 0.730. The molecule has 2 nitrogen and oxygen atoms in total. The van der Waals surface area contributed by atoms with Crippen molar-refractivity contribution in [2.24, 2.45) is 0 Å². The van der Waals surface area contributed by atoms with Crippen molar-refractivity contribution in [2.75, 3.05) is 6.61 Å². The van der Waals surface area contributed by atoms with Crippen LogP contribution in [0.2, 0.25) is 0 Å². The summed E-state index contributed by atoms with van der Waals surface area (Å²) in [5.41, 5.74) is 1.96. The highest BCUT2D eigenvalue weighted by Crippen LogP contribution is 2.01. The lowest BCUT2D eigenvalue weighted by Crippen LogP contribution is -1.83. The van der Waals surface area contributed by atoms with Gasteiger partial charge >= 0.3 is 0 Å². The normalized spacial score (nSPS) is 8.55. The van der Waals surface area contributed by atoms with Gasteiger partial charge in [-0.15, -0.1) is 0 Å². The molecule has 1 aromatic heterocycles. The van der Waals surface area contributed by atoms with Gasteiger partial charge in [0.05, 0.1) is 0 Å². The molecule has 0 saturated carbocycles. The van der Waals surface area contributed by atoms with Gasteiger partial charge in [-0.25, -0.2) is 0 Å². The topological polar surface area (TPSA) is 33.1 Å². The smallest absolute Gasteiger partial charge is 0.104 e. The molecule has 1 aromatic rings. The molecule has 0 radical (unpaired) electrons. The molecule has 0 bridgehead atoms. The van der Waals surface area contributed by atoms with Crippen LogP contribution in [-0.2, 0) is 0 Å². The first-order valence-electron chi connectivity index (χ1n) is 3.35. The lowest BCUT2D eigenvalue weighted by atomic mass is 10.2. The van der Waals surface area contributed by atoms with E-state index in [1.54, 1.807) is 12.4 Å². The van der Waals surface area contributed by atoms with E-state index in [4.69, 9.17) is 5.11 Å². The Morgan fingerprint density at radius 2 is 2.45 bits per heavy atom. The maximum absolute atomic E-state index is 8.42. The van der Waals surface area contributed by atoms with E-state index in [0.717, 1.165) is 11.1 Å². The largest absolute Gasteiger partial charge is 0.384 e. The van der Waals surface area contributed by atoms with Crippen LogP contribution < -0.4 is 0 Å². The summed E-state index contributed by atoms with van der Waals surface area (Å²) < 4.78 is 0. The first kappa shape index (κ1) is 7.77. The number of nitrogens with zero attached hydrogens (tertiary/aromatic N) is 1. The molecule has 0 aromatic carbocycles. The second-order valence-electron chi connectivity index (χ2n) is 2.15. The molecular weight excluding hydrogens is 138 g/mol. The third-order valence-electron chi connectivity index (χ3n) is 1.34. The highest BCUT2D eigenvalue weighted by atomic mass is 16.2. The van der Waals surface area contributed by atoms with Gasteiger partial charge in [-0.1, -0.05) is 11.8 Å². The van der Waals surface area contributed by atoms with Crippen LogP contribution >= 0.6 is 0 Å². The Bertz CT molecular complexity index is 296. The summed E-state index contributed by atoms with van der Waals surface area (Å²) in [6.07, 6.45) is 3.41. The van der Waals surface area contributed by atoms with Crippen molar-refractivity contribution >= 4 is 0 Å². The number of aliphatic hydroxyl groups is 1. The molecular formula is C9H9NO. The summed E-state index contributed by atoms with van der Waals surface area (Å²) in [6.45, 7) is 1.86. The SMILES string of the molecule is Cc1ccncc1C#CCO. The molecule has 0 spiro atoms. The van der Waals surface area contributed by atoms with Gasteiger partial charge in [-0.05, 0) is 18.6 Å². The predicted octanol–water partition coefficient (Wildman–Crippen LogP) is 0.734. The zero-order chi connectivity index (χ0) is 8.10. The molecule has 1 heterocycles. The first-order chi connectivity index (χ1) is 5.34. The lowest BCUT2D eigenvalue weighted by molar-refractivity contribution is 0.350. The Balaban J connectivity index is 2.95. The molecule has 2 heteroatoms. The van der Waals surface area contributed by atoms with E-state index in [2.05, 4.69) is 16.8 Å². The van der Waals surface area contributed by atoms with Crippen LogP contribution in [0.3, 0.4) is 0 Å². The van der Waals surface area contributed by atoms with Gasteiger partial charge in [0.2, 0.25) is 0 Å². The number of hydrogen-bond donors (Lipinski definition) is 1. The lowest BCUT2D eigenvalue weighted by Gasteiger charge is -1.93.